The van der Waals surface area contributed by atoms with Crippen molar-refractivity contribution in [2.45, 2.75) is 39.7 Å². The molecule has 4 nitrogen and oxygen atoms in total. The van der Waals surface area contributed by atoms with Gasteiger partial charge in [0.15, 0.2) is 0 Å². The fourth-order valence-corrected chi connectivity index (χ4v) is 2.90. The predicted octanol–water partition coefficient (Wildman–Crippen LogP) is 2.08. The Bertz CT molecular complexity index is 493. The Hall–Kier alpha value is -1.55. The molecular formula is C17H27N3O. The third kappa shape index (κ3) is 3.76. The number of piperazine rings is 1. The lowest BCUT2D eigenvalue weighted by Gasteiger charge is -2.37. The third-order valence-electron chi connectivity index (χ3n) is 4.21. The molecule has 0 aromatic heterocycles. The first-order chi connectivity index (χ1) is 10.0. The van der Waals surface area contributed by atoms with Crippen molar-refractivity contribution in [1.29, 1.82) is 0 Å². The summed E-state index contributed by atoms with van der Waals surface area (Å²) in [6.07, 6.45) is 1.73. The zero-order valence-electron chi connectivity index (χ0n) is 13.4. The van der Waals surface area contributed by atoms with Crippen LogP contribution >= 0.6 is 0 Å². The molecule has 116 valence electrons. The van der Waals surface area contributed by atoms with E-state index in [1.165, 1.54) is 16.8 Å². The summed E-state index contributed by atoms with van der Waals surface area (Å²) in [7, 11) is 0. The highest BCUT2D eigenvalue weighted by molar-refractivity contribution is 5.82. The second-order valence-electron chi connectivity index (χ2n) is 6.00. The smallest absolute Gasteiger partial charge is 0.239 e. The molecule has 1 amide bonds. The van der Waals surface area contributed by atoms with Crippen molar-refractivity contribution in [2.24, 2.45) is 5.73 Å². The van der Waals surface area contributed by atoms with Crippen LogP contribution in [0.4, 0.5) is 5.69 Å². The van der Waals surface area contributed by atoms with Gasteiger partial charge in [-0.15, -0.1) is 0 Å². The lowest BCUT2D eigenvalue weighted by Crippen LogP contribution is -2.53. The van der Waals surface area contributed by atoms with E-state index in [1.807, 2.05) is 4.90 Å². The number of amides is 1. The third-order valence-corrected chi connectivity index (χ3v) is 4.21. The largest absolute Gasteiger partial charge is 0.368 e. The summed E-state index contributed by atoms with van der Waals surface area (Å²) in [5.41, 5.74) is 9.81. The minimum absolute atomic E-state index is 0.109. The summed E-state index contributed by atoms with van der Waals surface area (Å²) >= 11 is 0. The van der Waals surface area contributed by atoms with Gasteiger partial charge in [0.25, 0.3) is 0 Å². The number of hydrogen-bond donors (Lipinski definition) is 1. The van der Waals surface area contributed by atoms with Gasteiger partial charge >= 0.3 is 0 Å². The molecule has 0 radical (unpaired) electrons. The molecule has 21 heavy (non-hydrogen) atoms. The lowest BCUT2D eigenvalue weighted by atomic mass is 10.1. The number of carbonyl (C=O) groups is 1. The van der Waals surface area contributed by atoms with Crippen molar-refractivity contribution in [3.8, 4) is 0 Å². The molecule has 1 fully saturated rings. The van der Waals surface area contributed by atoms with Gasteiger partial charge in [0, 0.05) is 31.9 Å². The summed E-state index contributed by atoms with van der Waals surface area (Å²) in [5.74, 6) is 0.109. The predicted molar refractivity (Wildman–Crippen MR) is 87.6 cm³/mol. The molecule has 2 rings (SSSR count). The molecule has 2 N–H and O–H groups in total. The summed E-state index contributed by atoms with van der Waals surface area (Å²) in [4.78, 5) is 16.5. The van der Waals surface area contributed by atoms with Crippen molar-refractivity contribution in [1.82, 2.24) is 4.90 Å². The topological polar surface area (TPSA) is 49.6 Å². The number of anilines is 1. The Kier molecular flexibility index (Phi) is 5.23. The fraction of sp³-hybridized carbons (Fsp3) is 0.588. The average Bonchev–Trinajstić information content (AvgIpc) is 2.49. The van der Waals surface area contributed by atoms with E-state index < -0.39 is 0 Å². The molecular weight excluding hydrogens is 262 g/mol. The number of rotatable bonds is 4. The van der Waals surface area contributed by atoms with Crippen molar-refractivity contribution in [2.75, 3.05) is 31.1 Å². The second kappa shape index (κ2) is 6.94. The highest BCUT2D eigenvalue weighted by Gasteiger charge is 2.25. The Labute approximate surface area is 127 Å². The summed E-state index contributed by atoms with van der Waals surface area (Å²) in [6, 6.07) is 6.21. The Morgan fingerprint density at radius 2 is 1.90 bits per heavy atom. The summed E-state index contributed by atoms with van der Waals surface area (Å²) < 4.78 is 0. The fourth-order valence-electron chi connectivity index (χ4n) is 2.90. The van der Waals surface area contributed by atoms with E-state index in [4.69, 9.17) is 5.73 Å². The minimum Gasteiger partial charge on any atom is -0.368 e. The number of aryl methyl sites for hydroxylation is 2. The monoisotopic (exact) mass is 289 g/mol. The number of nitrogens with two attached hydrogens (primary N) is 1. The van der Waals surface area contributed by atoms with Crippen molar-refractivity contribution in [3.05, 3.63) is 29.3 Å². The van der Waals surface area contributed by atoms with Gasteiger partial charge in [0.2, 0.25) is 5.91 Å². The van der Waals surface area contributed by atoms with Crippen LogP contribution in [0.15, 0.2) is 18.2 Å². The number of nitrogens with zero attached hydrogens (tertiary/aromatic N) is 2. The van der Waals surface area contributed by atoms with Gasteiger partial charge in [0.1, 0.15) is 0 Å². The van der Waals surface area contributed by atoms with Gasteiger partial charge in [-0.05, 0) is 37.5 Å². The number of benzene rings is 1. The van der Waals surface area contributed by atoms with Crippen molar-refractivity contribution in [3.63, 3.8) is 0 Å². The van der Waals surface area contributed by atoms with Crippen LogP contribution in [0.25, 0.3) is 0 Å². The van der Waals surface area contributed by atoms with Gasteiger partial charge in [-0.25, -0.2) is 0 Å². The van der Waals surface area contributed by atoms with Gasteiger partial charge < -0.3 is 15.5 Å². The molecule has 1 aromatic rings. The van der Waals surface area contributed by atoms with Crippen molar-refractivity contribution >= 4 is 11.6 Å². The Balaban J connectivity index is 1.97. The van der Waals surface area contributed by atoms with E-state index in [1.54, 1.807) is 0 Å². The van der Waals surface area contributed by atoms with E-state index in [9.17, 15) is 4.79 Å². The van der Waals surface area contributed by atoms with Crippen molar-refractivity contribution < 1.29 is 4.79 Å². The highest BCUT2D eigenvalue weighted by atomic mass is 16.2. The first kappa shape index (κ1) is 15.8. The Morgan fingerprint density at radius 1 is 1.24 bits per heavy atom. The van der Waals surface area contributed by atoms with Crippen LogP contribution in [0.2, 0.25) is 0 Å². The van der Waals surface area contributed by atoms with Crippen LogP contribution in [0.1, 0.15) is 30.9 Å². The molecule has 4 heteroatoms. The number of carbonyl (C=O) groups excluding carboxylic acids is 1. The zero-order chi connectivity index (χ0) is 15.4. The SMILES string of the molecule is CCCC(N)C(=O)N1CCN(c2cc(C)ccc2C)CC1. The van der Waals surface area contributed by atoms with E-state index in [0.717, 1.165) is 39.0 Å². The summed E-state index contributed by atoms with van der Waals surface area (Å²) in [6.45, 7) is 9.62. The van der Waals surface area contributed by atoms with Crippen LogP contribution < -0.4 is 10.6 Å². The molecule has 1 unspecified atom stereocenters. The molecule has 1 aliphatic heterocycles. The van der Waals surface area contributed by atoms with E-state index >= 15 is 0 Å². The van der Waals surface area contributed by atoms with Crippen LogP contribution in [0.5, 0.6) is 0 Å². The second-order valence-corrected chi connectivity index (χ2v) is 6.00. The molecule has 1 saturated heterocycles. The molecule has 1 atom stereocenters. The van der Waals surface area contributed by atoms with E-state index in [0.29, 0.717) is 0 Å². The van der Waals surface area contributed by atoms with E-state index in [2.05, 4.69) is 43.9 Å². The molecule has 1 aliphatic rings. The maximum atomic E-state index is 12.2. The van der Waals surface area contributed by atoms with Gasteiger partial charge in [-0.2, -0.15) is 0 Å². The minimum atomic E-state index is -0.331. The molecule has 1 aromatic carbocycles. The zero-order valence-corrected chi connectivity index (χ0v) is 13.4. The molecule has 1 heterocycles. The lowest BCUT2D eigenvalue weighted by molar-refractivity contribution is -0.133. The Morgan fingerprint density at radius 3 is 2.52 bits per heavy atom. The molecule has 0 bridgehead atoms. The molecule has 0 spiro atoms. The summed E-state index contributed by atoms with van der Waals surface area (Å²) in [5, 5.41) is 0. The maximum absolute atomic E-state index is 12.2. The average molecular weight is 289 g/mol. The van der Waals surface area contributed by atoms with Gasteiger partial charge in [-0.3, -0.25) is 4.79 Å². The molecule has 0 aliphatic carbocycles. The normalized spacial score (nSPS) is 17.0. The van der Waals surface area contributed by atoms with Crippen LogP contribution in [-0.4, -0.2) is 43.0 Å². The van der Waals surface area contributed by atoms with Crippen LogP contribution in [0.3, 0.4) is 0 Å². The molecule has 0 saturated carbocycles. The van der Waals surface area contributed by atoms with Crippen LogP contribution in [0, 0.1) is 13.8 Å². The van der Waals surface area contributed by atoms with Gasteiger partial charge in [-0.1, -0.05) is 25.5 Å². The number of hydrogen-bond acceptors (Lipinski definition) is 3. The van der Waals surface area contributed by atoms with E-state index in [-0.39, 0.29) is 11.9 Å². The quantitative estimate of drug-likeness (QED) is 0.923. The first-order valence-corrected chi connectivity index (χ1v) is 7.89. The maximum Gasteiger partial charge on any atom is 0.239 e. The standard InChI is InChI=1S/C17H27N3O/c1-4-5-15(18)17(21)20-10-8-19(9-11-20)16-12-13(2)6-7-14(16)3/h6-7,12,15H,4-5,8-11,18H2,1-3H3. The highest BCUT2D eigenvalue weighted by Crippen LogP contribution is 2.23. The van der Waals surface area contributed by atoms with Crippen LogP contribution in [-0.2, 0) is 4.79 Å². The first-order valence-electron chi connectivity index (χ1n) is 7.89. The van der Waals surface area contributed by atoms with Gasteiger partial charge in [0.05, 0.1) is 6.04 Å².